The highest BCUT2D eigenvalue weighted by molar-refractivity contribution is 7.10. The highest BCUT2D eigenvalue weighted by Crippen LogP contribution is 2.23. The maximum absolute atomic E-state index is 13.5. The van der Waals surface area contributed by atoms with Crippen molar-refractivity contribution in [2.45, 2.75) is 18.9 Å². The topological polar surface area (TPSA) is 62.6 Å². The van der Waals surface area contributed by atoms with Crippen molar-refractivity contribution in [2.75, 3.05) is 18.4 Å². The van der Waals surface area contributed by atoms with Crippen LogP contribution in [-0.4, -0.2) is 25.0 Å². The lowest BCUT2D eigenvalue weighted by Crippen LogP contribution is -3.11. The molecular formula is C17H19FN3O2S+. The largest absolute Gasteiger partial charge is 0.326 e. The van der Waals surface area contributed by atoms with Crippen LogP contribution in [0.5, 0.6) is 0 Å². The van der Waals surface area contributed by atoms with Crippen LogP contribution in [-0.2, 0) is 4.79 Å². The first-order chi connectivity index (χ1) is 11.6. The second-order valence-electron chi connectivity index (χ2n) is 5.78. The van der Waals surface area contributed by atoms with Crippen LogP contribution < -0.4 is 15.5 Å². The average molecular weight is 348 g/mol. The second-order valence-corrected chi connectivity index (χ2v) is 6.76. The number of benzene rings is 1. The zero-order valence-corrected chi connectivity index (χ0v) is 13.9. The molecule has 2 heterocycles. The number of carbonyl (C=O) groups excluding carboxylic acids is 2. The molecule has 1 aliphatic heterocycles. The van der Waals surface area contributed by atoms with Crippen molar-refractivity contribution in [3.63, 3.8) is 0 Å². The maximum Gasteiger partial charge on any atom is 0.326 e. The first-order valence-corrected chi connectivity index (χ1v) is 8.75. The van der Waals surface area contributed by atoms with Crippen LogP contribution in [0, 0.1) is 5.82 Å². The van der Waals surface area contributed by atoms with Gasteiger partial charge in [0.05, 0.1) is 17.1 Å². The monoisotopic (exact) mass is 348 g/mol. The summed E-state index contributed by atoms with van der Waals surface area (Å²) in [6.07, 6.45) is 2.11. The van der Waals surface area contributed by atoms with Gasteiger partial charge in [0.1, 0.15) is 11.9 Å². The van der Waals surface area contributed by atoms with Crippen molar-refractivity contribution in [1.29, 1.82) is 0 Å². The average Bonchev–Trinajstić information content (AvgIpc) is 3.20. The Hall–Kier alpha value is -2.25. The number of amides is 3. The van der Waals surface area contributed by atoms with Gasteiger partial charge in [0.25, 0.3) is 5.91 Å². The minimum Gasteiger partial charge on any atom is -0.320 e. The van der Waals surface area contributed by atoms with Gasteiger partial charge in [-0.2, -0.15) is 0 Å². The molecule has 1 unspecified atom stereocenters. The lowest BCUT2D eigenvalue weighted by Gasteiger charge is -2.19. The van der Waals surface area contributed by atoms with Gasteiger partial charge in [-0.25, -0.2) is 9.18 Å². The number of carbonyl (C=O) groups is 2. The summed E-state index contributed by atoms with van der Waals surface area (Å²) in [5.41, 5.74) is 0.0489. The molecule has 0 saturated carbocycles. The van der Waals surface area contributed by atoms with Crippen molar-refractivity contribution in [2.24, 2.45) is 0 Å². The number of imide groups is 1. The number of anilines is 1. The van der Waals surface area contributed by atoms with Gasteiger partial charge >= 0.3 is 6.03 Å². The van der Waals surface area contributed by atoms with E-state index in [2.05, 4.69) is 16.7 Å². The molecule has 3 amide bonds. The van der Waals surface area contributed by atoms with E-state index < -0.39 is 11.8 Å². The van der Waals surface area contributed by atoms with Crippen molar-refractivity contribution < 1.29 is 18.9 Å². The highest BCUT2D eigenvalue weighted by Gasteiger charge is 2.32. The van der Waals surface area contributed by atoms with Gasteiger partial charge in [-0.05, 0) is 23.6 Å². The standard InChI is InChI=1S/C17H18FN3O2S/c18-12-5-1-2-6-13(12)19-17(23)20-16(22)11-21-9-3-7-14(21)15-8-4-10-24-15/h1-2,4-6,8,10,14H,3,7,9,11H2,(H2,19,20,22,23)/p+1/t14-/m0/s1. The lowest BCUT2D eigenvalue weighted by atomic mass is 10.2. The molecule has 1 aromatic heterocycles. The highest BCUT2D eigenvalue weighted by atomic mass is 32.1. The molecule has 2 aromatic rings. The fourth-order valence-electron chi connectivity index (χ4n) is 3.05. The molecule has 126 valence electrons. The molecular weight excluding hydrogens is 329 g/mol. The van der Waals surface area contributed by atoms with Gasteiger partial charge in [-0.15, -0.1) is 11.3 Å². The SMILES string of the molecule is O=C(C[NH+]1CCC[C@H]1c1cccs1)NC(=O)Nc1ccccc1F. The number of urea groups is 1. The Balaban J connectivity index is 1.53. The molecule has 5 nitrogen and oxygen atoms in total. The van der Waals surface area contributed by atoms with E-state index in [-0.39, 0.29) is 18.1 Å². The number of rotatable bonds is 4. The number of thiophene rings is 1. The predicted molar refractivity (Wildman–Crippen MR) is 90.6 cm³/mol. The van der Waals surface area contributed by atoms with Crippen LogP contribution in [0.4, 0.5) is 14.9 Å². The zero-order chi connectivity index (χ0) is 16.9. The smallest absolute Gasteiger partial charge is 0.320 e. The number of halogens is 1. The van der Waals surface area contributed by atoms with Crippen LogP contribution in [0.15, 0.2) is 41.8 Å². The Morgan fingerprint density at radius 1 is 1.25 bits per heavy atom. The van der Waals surface area contributed by atoms with Crippen LogP contribution in [0.3, 0.4) is 0 Å². The number of nitrogens with one attached hydrogen (secondary N) is 3. The Morgan fingerprint density at radius 3 is 2.83 bits per heavy atom. The number of hydrogen-bond donors (Lipinski definition) is 3. The van der Waals surface area contributed by atoms with Crippen molar-refractivity contribution in [1.82, 2.24) is 5.32 Å². The van der Waals surface area contributed by atoms with E-state index in [0.717, 1.165) is 24.3 Å². The van der Waals surface area contributed by atoms with Crippen LogP contribution in [0.2, 0.25) is 0 Å². The summed E-state index contributed by atoms with van der Waals surface area (Å²) >= 11 is 1.69. The summed E-state index contributed by atoms with van der Waals surface area (Å²) in [6, 6.07) is 9.53. The maximum atomic E-state index is 13.5. The summed E-state index contributed by atoms with van der Waals surface area (Å²) in [7, 11) is 0. The van der Waals surface area contributed by atoms with Gasteiger partial charge in [0, 0.05) is 12.8 Å². The first-order valence-electron chi connectivity index (χ1n) is 7.87. The molecule has 1 fully saturated rings. The molecule has 0 bridgehead atoms. The fourth-order valence-corrected chi connectivity index (χ4v) is 3.97. The Morgan fingerprint density at radius 2 is 2.08 bits per heavy atom. The minimum atomic E-state index is -0.712. The van der Waals surface area contributed by atoms with Gasteiger partial charge < -0.3 is 10.2 Å². The van der Waals surface area contributed by atoms with E-state index in [0.29, 0.717) is 6.04 Å². The van der Waals surface area contributed by atoms with E-state index in [1.807, 2.05) is 11.4 Å². The molecule has 7 heteroatoms. The summed E-state index contributed by atoms with van der Waals surface area (Å²) < 4.78 is 13.5. The van der Waals surface area contributed by atoms with Gasteiger partial charge in [-0.1, -0.05) is 18.2 Å². The summed E-state index contributed by atoms with van der Waals surface area (Å²) in [6.45, 7) is 1.14. The number of hydrogen-bond acceptors (Lipinski definition) is 3. The van der Waals surface area contributed by atoms with Crippen LogP contribution in [0.1, 0.15) is 23.8 Å². The van der Waals surface area contributed by atoms with E-state index >= 15 is 0 Å². The van der Waals surface area contributed by atoms with Crippen molar-refractivity contribution in [3.05, 3.63) is 52.5 Å². The Labute approximate surface area is 143 Å². The van der Waals surface area contributed by atoms with Gasteiger partial charge in [-0.3, -0.25) is 10.1 Å². The van der Waals surface area contributed by atoms with Gasteiger partial charge in [0.2, 0.25) is 0 Å². The molecule has 24 heavy (non-hydrogen) atoms. The molecule has 3 rings (SSSR count). The number of likely N-dealkylation sites (tertiary alicyclic amines) is 1. The van der Waals surface area contributed by atoms with Crippen LogP contribution in [0.25, 0.3) is 0 Å². The predicted octanol–water partition coefficient (Wildman–Crippen LogP) is 1.96. The third-order valence-electron chi connectivity index (χ3n) is 4.13. The summed E-state index contributed by atoms with van der Waals surface area (Å²) in [5, 5.41) is 6.66. The zero-order valence-electron chi connectivity index (χ0n) is 13.0. The van der Waals surface area contributed by atoms with Crippen molar-refractivity contribution in [3.8, 4) is 0 Å². The number of quaternary nitrogens is 1. The van der Waals surface area contributed by atoms with Crippen molar-refractivity contribution >= 4 is 29.0 Å². The summed E-state index contributed by atoms with van der Waals surface area (Å²) in [4.78, 5) is 26.4. The molecule has 1 saturated heterocycles. The van der Waals surface area contributed by atoms with E-state index in [1.165, 1.54) is 23.1 Å². The third-order valence-corrected chi connectivity index (χ3v) is 5.12. The first kappa shape index (κ1) is 16.6. The third kappa shape index (κ3) is 3.98. The fraction of sp³-hybridized carbons (Fsp3) is 0.294. The molecule has 0 spiro atoms. The van der Waals surface area contributed by atoms with Crippen LogP contribution >= 0.6 is 11.3 Å². The molecule has 0 aliphatic carbocycles. The lowest BCUT2D eigenvalue weighted by molar-refractivity contribution is -0.910. The normalized spacial score (nSPS) is 19.9. The minimum absolute atomic E-state index is 0.0489. The Kier molecular flexibility index (Phi) is 5.22. The number of para-hydroxylation sites is 1. The van der Waals surface area contributed by atoms with E-state index in [1.54, 1.807) is 17.4 Å². The van der Waals surface area contributed by atoms with E-state index in [4.69, 9.17) is 0 Å². The van der Waals surface area contributed by atoms with Gasteiger partial charge in [0.15, 0.2) is 6.54 Å². The molecule has 2 atom stereocenters. The van der Waals surface area contributed by atoms with E-state index in [9.17, 15) is 14.0 Å². The molecule has 1 aliphatic rings. The Bertz CT molecular complexity index is 720. The molecule has 0 radical (unpaired) electrons. The molecule has 3 N–H and O–H groups in total. The summed E-state index contributed by atoms with van der Waals surface area (Å²) in [5.74, 6) is -0.898. The molecule has 1 aromatic carbocycles. The quantitative estimate of drug-likeness (QED) is 0.791. The second kappa shape index (κ2) is 7.55.